The molecule has 0 fully saturated rings. The molecule has 0 saturated heterocycles. The van der Waals surface area contributed by atoms with Crippen LogP contribution in [0.4, 0.5) is 0 Å². The first-order valence-electron chi connectivity index (χ1n) is 6.85. The van der Waals surface area contributed by atoms with Gasteiger partial charge in [0.2, 0.25) is 0 Å². The smallest absolute Gasteiger partial charge is 0.446 e. The molecule has 1 atom stereocenters. The summed E-state index contributed by atoms with van der Waals surface area (Å²) in [6.45, 7) is 0. The third-order valence-electron chi connectivity index (χ3n) is 3.03. The fourth-order valence-corrected chi connectivity index (χ4v) is 3.02. The Kier molecular flexibility index (Phi) is 6.21. The van der Waals surface area contributed by atoms with Crippen LogP contribution in [0.5, 0.6) is 17.2 Å². The number of aliphatic carboxylic acids is 1. The minimum atomic E-state index is -4.59. The molecule has 0 aliphatic rings. The standard InChI is InChI=1S/C15H14INO7S/c16-12-8-11(5-6-14(12)24-25(20,21)22)23-10-3-1-9(2-4-10)7-13(17)15(18)19/h1-6,8,13H,7,17H2,(H,18,19)(H,20,21,22)/t13-/m0/s1. The van der Waals surface area contributed by atoms with E-state index in [4.69, 9.17) is 20.1 Å². The van der Waals surface area contributed by atoms with Crippen LogP contribution < -0.4 is 14.7 Å². The molecule has 8 nitrogen and oxygen atoms in total. The number of carbonyl (C=O) groups is 1. The fraction of sp³-hybridized carbons (Fsp3) is 0.133. The Hall–Kier alpha value is -1.89. The largest absolute Gasteiger partial charge is 0.480 e. The average Bonchev–Trinajstić information content (AvgIpc) is 2.50. The van der Waals surface area contributed by atoms with Crippen molar-refractivity contribution in [1.29, 1.82) is 0 Å². The summed E-state index contributed by atoms with van der Waals surface area (Å²) in [4.78, 5) is 10.7. The van der Waals surface area contributed by atoms with Crippen molar-refractivity contribution in [2.24, 2.45) is 5.73 Å². The van der Waals surface area contributed by atoms with E-state index in [2.05, 4.69) is 4.18 Å². The molecule has 134 valence electrons. The molecule has 0 spiro atoms. The first kappa shape index (κ1) is 19.4. The number of benzene rings is 2. The maximum Gasteiger partial charge on any atom is 0.446 e. The van der Waals surface area contributed by atoms with Gasteiger partial charge in [-0.1, -0.05) is 12.1 Å². The van der Waals surface area contributed by atoms with Gasteiger partial charge in [0.15, 0.2) is 5.75 Å². The summed E-state index contributed by atoms with van der Waals surface area (Å²) in [5, 5.41) is 8.80. The van der Waals surface area contributed by atoms with E-state index in [9.17, 15) is 13.2 Å². The van der Waals surface area contributed by atoms with Crippen LogP contribution in [-0.4, -0.2) is 30.1 Å². The lowest BCUT2D eigenvalue weighted by atomic mass is 10.1. The number of hydrogen-bond acceptors (Lipinski definition) is 6. The highest BCUT2D eigenvalue weighted by molar-refractivity contribution is 14.1. The molecule has 10 heteroatoms. The van der Waals surface area contributed by atoms with Gasteiger partial charge in [0.05, 0.1) is 3.57 Å². The maximum atomic E-state index is 10.7. The summed E-state index contributed by atoms with van der Waals surface area (Å²) in [6.07, 6.45) is 0.204. The van der Waals surface area contributed by atoms with Gasteiger partial charge in [-0.15, -0.1) is 0 Å². The number of carboxylic acid groups (broad SMARTS) is 1. The summed E-state index contributed by atoms with van der Waals surface area (Å²) in [6, 6.07) is 10.2. The Morgan fingerprint density at radius 3 is 2.28 bits per heavy atom. The second-order valence-electron chi connectivity index (χ2n) is 5.00. The third kappa shape index (κ3) is 6.16. The highest BCUT2D eigenvalue weighted by Crippen LogP contribution is 2.29. The molecule has 2 rings (SSSR count). The van der Waals surface area contributed by atoms with Crippen LogP contribution in [0, 0.1) is 3.57 Å². The molecule has 4 N–H and O–H groups in total. The summed E-state index contributed by atoms with van der Waals surface area (Å²) < 4.78 is 40.6. The average molecular weight is 479 g/mol. The first-order chi connectivity index (χ1) is 11.6. The Morgan fingerprint density at radius 2 is 1.76 bits per heavy atom. The van der Waals surface area contributed by atoms with Gasteiger partial charge in [-0.25, -0.2) is 0 Å². The van der Waals surface area contributed by atoms with Crippen molar-refractivity contribution < 1.29 is 31.8 Å². The van der Waals surface area contributed by atoms with Crippen LogP contribution in [-0.2, 0) is 21.6 Å². The van der Waals surface area contributed by atoms with Crippen molar-refractivity contribution in [3.63, 3.8) is 0 Å². The lowest BCUT2D eigenvalue weighted by molar-refractivity contribution is -0.138. The molecule has 25 heavy (non-hydrogen) atoms. The highest BCUT2D eigenvalue weighted by atomic mass is 127. The third-order valence-corrected chi connectivity index (χ3v) is 4.26. The molecule has 0 amide bonds. The minimum absolute atomic E-state index is 0.0199. The second kappa shape index (κ2) is 7.99. The van der Waals surface area contributed by atoms with E-state index in [0.29, 0.717) is 15.1 Å². The minimum Gasteiger partial charge on any atom is -0.480 e. The Morgan fingerprint density at radius 1 is 1.16 bits per heavy atom. The van der Waals surface area contributed by atoms with Crippen LogP contribution in [0.25, 0.3) is 0 Å². The Bertz CT molecular complexity index is 868. The van der Waals surface area contributed by atoms with Crippen molar-refractivity contribution in [3.8, 4) is 17.2 Å². The molecular formula is C15H14INO7S. The number of halogens is 1. The molecular weight excluding hydrogens is 465 g/mol. The van der Waals surface area contributed by atoms with E-state index in [0.717, 1.165) is 5.56 Å². The predicted octanol–water partition coefficient (Wildman–Crippen LogP) is 2.22. The maximum absolute atomic E-state index is 10.7. The monoisotopic (exact) mass is 479 g/mol. The number of rotatable bonds is 7. The zero-order valence-corrected chi connectivity index (χ0v) is 15.6. The lowest BCUT2D eigenvalue weighted by Crippen LogP contribution is -2.32. The van der Waals surface area contributed by atoms with E-state index in [1.165, 1.54) is 18.2 Å². The van der Waals surface area contributed by atoms with Crippen LogP contribution in [0.15, 0.2) is 42.5 Å². The fourth-order valence-electron chi connectivity index (χ4n) is 1.90. The van der Waals surface area contributed by atoms with Gasteiger partial charge >= 0.3 is 16.4 Å². The van der Waals surface area contributed by atoms with Gasteiger partial charge in [0, 0.05) is 0 Å². The van der Waals surface area contributed by atoms with Crippen molar-refractivity contribution in [2.75, 3.05) is 0 Å². The highest BCUT2D eigenvalue weighted by Gasteiger charge is 2.13. The van der Waals surface area contributed by atoms with E-state index in [-0.39, 0.29) is 12.2 Å². The summed E-state index contributed by atoms with van der Waals surface area (Å²) in [5.74, 6) is -0.149. The van der Waals surface area contributed by atoms with Gasteiger partial charge in [0.1, 0.15) is 17.5 Å². The summed E-state index contributed by atoms with van der Waals surface area (Å²) in [5.41, 5.74) is 6.24. The van der Waals surface area contributed by atoms with Crippen molar-refractivity contribution >= 4 is 39.0 Å². The quantitative estimate of drug-likeness (QED) is 0.407. The molecule has 2 aromatic rings. The zero-order valence-electron chi connectivity index (χ0n) is 12.6. The molecule has 0 aromatic heterocycles. The van der Waals surface area contributed by atoms with Crippen molar-refractivity contribution in [3.05, 3.63) is 51.6 Å². The van der Waals surface area contributed by atoms with Gasteiger partial charge in [-0.3, -0.25) is 9.35 Å². The summed E-state index contributed by atoms with van der Waals surface area (Å²) in [7, 11) is -4.59. The molecule has 0 heterocycles. The number of carboxylic acids is 1. The van der Waals surface area contributed by atoms with Gasteiger partial charge in [-0.2, -0.15) is 8.42 Å². The molecule has 0 bridgehead atoms. The van der Waals surface area contributed by atoms with E-state index >= 15 is 0 Å². The Labute approximate surface area is 157 Å². The predicted molar refractivity (Wildman–Crippen MR) is 97.2 cm³/mol. The number of nitrogens with two attached hydrogens (primary N) is 1. The SMILES string of the molecule is N[C@@H](Cc1ccc(Oc2ccc(OS(=O)(=O)O)c(I)c2)cc1)C(=O)O. The number of hydrogen-bond donors (Lipinski definition) is 3. The Balaban J connectivity index is 2.07. The molecule has 0 radical (unpaired) electrons. The van der Waals surface area contributed by atoms with Crippen LogP contribution in [0.1, 0.15) is 5.56 Å². The van der Waals surface area contributed by atoms with Crippen LogP contribution in [0.3, 0.4) is 0 Å². The van der Waals surface area contributed by atoms with Crippen LogP contribution >= 0.6 is 22.6 Å². The van der Waals surface area contributed by atoms with Crippen molar-refractivity contribution in [2.45, 2.75) is 12.5 Å². The normalized spacial score (nSPS) is 12.4. The molecule has 0 unspecified atom stereocenters. The van der Waals surface area contributed by atoms with E-state index in [1.807, 2.05) is 22.6 Å². The molecule has 2 aromatic carbocycles. The van der Waals surface area contributed by atoms with Crippen molar-refractivity contribution in [1.82, 2.24) is 0 Å². The van der Waals surface area contributed by atoms with E-state index < -0.39 is 22.4 Å². The number of ether oxygens (including phenoxy) is 1. The second-order valence-corrected chi connectivity index (χ2v) is 7.18. The molecule has 0 aliphatic heterocycles. The van der Waals surface area contributed by atoms with Gasteiger partial charge in [0.25, 0.3) is 0 Å². The topological polar surface area (TPSA) is 136 Å². The summed E-state index contributed by atoms with van der Waals surface area (Å²) >= 11 is 1.84. The van der Waals surface area contributed by atoms with Crippen LogP contribution in [0.2, 0.25) is 0 Å². The van der Waals surface area contributed by atoms with Gasteiger partial charge < -0.3 is 19.8 Å². The first-order valence-corrected chi connectivity index (χ1v) is 9.30. The molecule has 0 aliphatic carbocycles. The lowest BCUT2D eigenvalue weighted by Gasteiger charge is -2.10. The van der Waals surface area contributed by atoms with E-state index in [1.54, 1.807) is 24.3 Å². The molecule has 0 saturated carbocycles. The zero-order chi connectivity index (χ0) is 18.6. The van der Waals surface area contributed by atoms with Gasteiger partial charge in [-0.05, 0) is 64.9 Å².